The van der Waals surface area contributed by atoms with E-state index in [2.05, 4.69) is 17.2 Å². The van der Waals surface area contributed by atoms with Crippen LogP contribution in [-0.4, -0.2) is 58.8 Å². The number of methoxy groups -OCH3 is 1. The Morgan fingerprint density at radius 1 is 1.05 bits per heavy atom. The molecule has 0 aliphatic rings. The third kappa shape index (κ3) is 8.34. The molecule has 0 aliphatic heterocycles. The lowest BCUT2D eigenvalue weighted by Crippen LogP contribution is -2.59. The summed E-state index contributed by atoms with van der Waals surface area (Å²) < 4.78 is 10.5. The first kappa shape index (κ1) is 30.4. The smallest absolute Gasteiger partial charge is 0.408 e. The van der Waals surface area contributed by atoms with Gasteiger partial charge in [0.05, 0.1) is 13.7 Å². The van der Waals surface area contributed by atoms with Gasteiger partial charge in [-0.3, -0.25) is 9.59 Å². The highest BCUT2D eigenvalue weighted by Crippen LogP contribution is 2.32. The van der Waals surface area contributed by atoms with Crippen molar-refractivity contribution in [2.75, 3.05) is 19.0 Å². The van der Waals surface area contributed by atoms with Gasteiger partial charge >= 0.3 is 6.09 Å². The van der Waals surface area contributed by atoms with Crippen LogP contribution in [0.4, 0.5) is 10.5 Å². The Hall–Kier alpha value is -3.85. The molecule has 0 aromatic heterocycles. The summed E-state index contributed by atoms with van der Waals surface area (Å²) >= 11 is 0. The van der Waals surface area contributed by atoms with Crippen LogP contribution in [0, 0.1) is 0 Å². The predicted molar refractivity (Wildman–Crippen MR) is 148 cm³/mol. The maximum absolute atomic E-state index is 13.9. The molecular formula is C29H39N3O6. The minimum absolute atomic E-state index is 0.478. The average molecular weight is 526 g/mol. The largest absolute Gasteiger partial charge is 0.497 e. The molecule has 0 radical (unpaired) electrons. The second kappa shape index (κ2) is 12.6. The molecule has 2 rings (SSSR count). The van der Waals surface area contributed by atoms with Crippen LogP contribution in [0.3, 0.4) is 0 Å². The number of benzene rings is 2. The van der Waals surface area contributed by atoms with E-state index in [-0.39, 0.29) is 0 Å². The molecule has 2 atom stereocenters. The Kier molecular flexibility index (Phi) is 10.1. The summed E-state index contributed by atoms with van der Waals surface area (Å²) in [4.78, 5) is 41.6. The summed E-state index contributed by atoms with van der Waals surface area (Å²) in [6.07, 6.45) is 0.790. The van der Waals surface area contributed by atoms with Gasteiger partial charge in [-0.25, -0.2) is 4.79 Å². The number of anilines is 1. The van der Waals surface area contributed by atoms with Crippen molar-refractivity contribution in [3.8, 4) is 5.75 Å². The van der Waals surface area contributed by atoms with Crippen LogP contribution in [0.5, 0.6) is 5.75 Å². The van der Waals surface area contributed by atoms with Crippen LogP contribution in [0.2, 0.25) is 0 Å². The Bertz CT molecular complexity index is 1130. The highest BCUT2D eigenvalue weighted by molar-refractivity contribution is 5.99. The van der Waals surface area contributed by atoms with Crippen molar-refractivity contribution in [3.63, 3.8) is 0 Å². The lowest BCUT2D eigenvalue weighted by atomic mass is 9.94. The summed E-state index contributed by atoms with van der Waals surface area (Å²) in [5, 5.41) is 15.4. The van der Waals surface area contributed by atoms with E-state index in [1.54, 1.807) is 97.2 Å². The van der Waals surface area contributed by atoms with E-state index in [1.807, 2.05) is 6.07 Å². The zero-order valence-electron chi connectivity index (χ0n) is 23.2. The standard InChI is InChI=1S/C29H39N3O6/c1-9-19-11-10-12-20(17-19)24(25(34)30-21-13-15-22(37-8)16-14-21)32(28(2,3)4)26(35)23(18-33)31-27(36)38-29(5,6)7/h9-17,23-24,33H,1,18H2,2-8H3,(H,30,34)(H,31,36). The fraction of sp³-hybridized carbons (Fsp3) is 0.414. The average Bonchev–Trinajstić information content (AvgIpc) is 2.83. The van der Waals surface area contributed by atoms with E-state index in [4.69, 9.17) is 9.47 Å². The van der Waals surface area contributed by atoms with Crippen LogP contribution in [0.1, 0.15) is 58.7 Å². The number of rotatable bonds is 9. The lowest BCUT2D eigenvalue weighted by Gasteiger charge is -2.42. The van der Waals surface area contributed by atoms with Gasteiger partial charge in [-0.05, 0) is 83.0 Å². The minimum Gasteiger partial charge on any atom is -0.497 e. The summed E-state index contributed by atoms with van der Waals surface area (Å²) in [6.45, 7) is 13.5. The van der Waals surface area contributed by atoms with Crippen molar-refractivity contribution in [2.45, 2.75) is 64.8 Å². The van der Waals surface area contributed by atoms with Gasteiger partial charge in [-0.15, -0.1) is 0 Å². The monoisotopic (exact) mass is 525 g/mol. The molecule has 0 aliphatic carbocycles. The minimum atomic E-state index is -1.34. The maximum atomic E-state index is 13.9. The molecule has 206 valence electrons. The Labute approximate surface area is 224 Å². The molecule has 0 fully saturated rings. The van der Waals surface area contributed by atoms with Crippen molar-refractivity contribution < 1.29 is 29.0 Å². The van der Waals surface area contributed by atoms with E-state index in [0.717, 1.165) is 5.56 Å². The summed E-state index contributed by atoms with van der Waals surface area (Å²) in [6, 6.07) is 11.5. The molecule has 9 nitrogen and oxygen atoms in total. The highest BCUT2D eigenvalue weighted by atomic mass is 16.6. The van der Waals surface area contributed by atoms with Gasteiger partial charge in [-0.1, -0.05) is 30.9 Å². The Morgan fingerprint density at radius 2 is 1.68 bits per heavy atom. The van der Waals surface area contributed by atoms with Gasteiger partial charge in [0, 0.05) is 11.2 Å². The molecule has 0 saturated heterocycles. The maximum Gasteiger partial charge on any atom is 0.408 e. The first-order valence-corrected chi connectivity index (χ1v) is 12.3. The topological polar surface area (TPSA) is 117 Å². The van der Waals surface area contributed by atoms with E-state index < -0.39 is 47.7 Å². The van der Waals surface area contributed by atoms with Crippen LogP contribution in [-0.2, 0) is 14.3 Å². The van der Waals surface area contributed by atoms with E-state index >= 15 is 0 Å². The second-order valence-electron chi connectivity index (χ2n) is 10.8. The number of nitrogens with one attached hydrogen (secondary N) is 2. The Morgan fingerprint density at radius 3 is 2.18 bits per heavy atom. The molecule has 2 aromatic rings. The number of aliphatic hydroxyl groups excluding tert-OH is 1. The van der Waals surface area contributed by atoms with Crippen molar-refractivity contribution in [3.05, 3.63) is 66.2 Å². The molecule has 0 bridgehead atoms. The number of amides is 3. The molecule has 2 unspecified atom stereocenters. The second-order valence-corrected chi connectivity index (χ2v) is 10.8. The number of nitrogens with zero attached hydrogens (tertiary/aromatic N) is 1. The molecule has 3 N–H and O–H groups in total. The lowest BCUT2D eigenvalue weighted by molar-refractivity contribution is -0.147. The van der Waals surface area contributed by atoms with Gasteiger partial charge in [-0.2, -0.15) is 0 Å². The van der Waals surface area contributed by atoms with Crippen molar-refractivity contribution in [1.82, 2.24) is 10.2 Å². The zero-order valence-corrected chi connectivity index (χ0v) is 23.2. The third-order valence-electron chi connectivity index (χ3n) is 5.46. The molecule has 38 heavy (non-hydrogen) atoms. The number of hydrogen-bond acceptors (Lipinski definition) is 6. The van der Waals surface area contributed by atoms with Gasteiger partial charge in [0.15, 0.2) is 0 Å². The van der Waals surface area contributed by atoms with Gasteiger partial charge in [0.2, 0.25) is 5.91 Å². The van der Waals surface area contributed by atoms with Crippen LogP contribution >= 0.6 is 0 Å². The predicted octanol–water partition coefficient (Wildman–Crippen LogP) is 4.53. The third-order valence-corrected chi connectivity index (χ3v) is 5.46. The molecule has 0 saturated carbocycles. The fourth-order valence-corrected chi connectivity index (χ4v) is 3.81. The van der Waals surface area contributed by atoms with E-state index in [1.165, 1.54) is 4.90 Å². The van der Waals surface area contributed by atoms with Crippen LogP contribution < -0.4 is 15.4 Å². The van der Waals surface area contributed by atoms with E-state index in [0.29, 0.717) is 17.0 Å². The van der Waals surface area contributed by atoms with Gasteiger partial charge < -0.3 is 30.1 Å². The van der Waals surface area contributed by atoms with Crippen LogP contribution in [0.15, 0.2) is 55.1 Å². The first-order valence-electron chi connectivity index (χ1n) is 12.3. The quantitative estimate of drug-likeness (QED) is 0.443. The number of ether oxygens (including phenoxy) is 2. The summed E-state index contributed by atoms with van der Waals surface area (Å²) in [7, 11) is 1.55. The number of aliphatic hydroxyl groups is 1. The molecule has 2 aromatic carbocycles. The normalized spacial score (nSPS) is 13.1. The number of carbonyl (C=O) groups excluding carboxylic acids is 3. The first-order chi connectivity index (χ1) is 17.7. The summed E-state index contributed by atoms with van der Waals surface area (Å²) in [5.74, 6) is -0.498. The fourth-order valence-electron chi connectivity index (χ4n) is 3.81. The molecule has 0 heterocycles. The van der Waals surface area contributed by atoms with Crippen molar-refractivity contribution >= 4 is 29.7 Å². The van der Waals surface area contributed by atoms with Crippen molar-refractivity contribution in [2.24, 2.45) is 0 Å². The molecular weight excluding hydrogens is 486 g/mol. The molecule has 3 amide bonds. The van der Waals surface area contributed by atoms with Gasteiger partial charge in [0.25, 0.3) is 5.91 Å². The highest BCUT2D eigenvalue weighted by Gasteiger charge is 2.42. The SMILES string of the molecule is C=Cc1cccc(C(C(=O)Nc2ccc(OC)cc2)N(C(=O)C(CO)NC(=O)OC(C)(C)C)C(C)(C)C)c1. The number of carbonyl (C=O) groups is 3. The number of alkyl carbamates (subject to hydrolysis) is 1. The summed E-state index contributed by atoms with van der Waals surface area (Å²) in [5.41, 5.74) is 0.101. The van der Waals surface area contributed by atoms with Crippen LogP contribution in [0.25, 0.3) is 6.08 Å². The number of hydrogen-bond donors (Lipinski definition) is 3. The Balaban J connectivity index is 2.55. The molecule has 9 heteroatoms. The molecule has 0 spiro atoms. The van der Waals surface area contributed by atoms with Crippen molar-refractivity contribution in [1.29, 1.82) is 0 Å². The van der Waals surface area contributed by atoms with Gasteiger partial charge in [0.1, 0.15) is 23.4 Å². The van der Waals surface area contributed by atoms with E-state index in [9.17, 15) is 19.5 Å². The zero-order chi connectivity index (χ0) is 28.7.